The number of benzene rings is 1. The van der Waals surface area contributed by atoms with E-state index in [-0.39, 0.29) is 18.0 Å². The fourth-order valence-electron chi connectivity index (χ4n) is 1.89. The Labute approximate surface area is 120 Å². The Morgan fingerprint density at radius 2 is 1.76 bits per heavy atom. The maximum atomic E-state index is 5.69. The van der Waals surface area contributed by atoms with E-state index in [0.717, 1.165) is 16.6 Å². The number of aryl methyl sites for hydroxylation is 1. The third kappa shape index (κ3) is 2.66. The summed E-state index contributed by atoms with van der Waals surface area (Å²) >= 11 is 0. The zero-order chi connectivity index (χ0) is 14.8. The van der Waals surface area contributed by atoms with Crippen LogP contribution in [0.2, 0.25) is 0 Å². The summed E-state index contributed by atoms with van der Waals surface area (Å²) in [6.07, 6.45) is 0. The number of methoxy groups -OCH3 is 1. The smallest absolute Gasteiger partial charge is 0.330 e. The van der Waals surface area contributed by atoms with Crippen molar-refractivity contribution in [1.29, 1.82) is 0 Å². The second-order valence-corrected chi connectivity index (χ2v) is 4.35. The fraction of sp³-hybridized carbons (Fsp3) is 0.143. The molecule has 0 unspecified atom stereocenters. The predicted molar refractivity (Wildman–Crippen MR) is 77.3 cm³/mol. The first-order valence-corrected chi connectivity index (χ1v) is 6.25. The second kappa shape index (κ2) is 5.20. The number of aromatic nitrogens is 4. The standard InChI is InChI=1S/C14H13N5O2/c1-8-6-7-9-4-3-5-10(11(9)16-8)21-14-18-12(15)17-13(19-14)20-2/h3-7H,1-2H3,(H2,15,17,18,19). The molecule has 0 radical (unpaired) electrons. The summed E-state index contributed by atoms with van der Waals surface area (Å²) in [5.74, 6) is 0.574. The van der Waals surface area contributed by atoms with Crippen molar-refractivity contribution < 1.29 is 9.47 Å². The maximum Gasteiger partial charge on any atom is 0.330 e. The summed E-state index contributed by atoms with van der Waals surface area (Å²) in [6, 6.07) is 9.70. The van der Waals surface area contributed by atoms with Gasteiger partial charge in [-0.1, -0.05) is 18.2 Å². The summed E-state index contributed by atoms with van der Waals surface area (Å²) in [7, 11) is 1.45. The Morgan fingerprint density at radius 3 is 2.57 bits per heavy atom. The minimum Gasteiger partial charge on any atom is -0.467 e. The molecule has 106 valence electrons. The van der Waals surface area contributed by atoms with E-state index in [1.165, 1.54) is 7.11 Å². The van der Waals surface area contributed by atoms with Crippen molar-refractivity contribution in [3.05, 3.63) is 36.0 Å². The van der Waals surface area contributed by atoms with Crippen molar-refractivity contribution in [3.63, 3.8) is 0 Å². The van der Waals surface area contributed by atoms with Gasteiger partial charge in [-0.15, -0.1) is 4.98 Å². The van der Waals surface area contributed by atoms with Crippen LogP contribution in [0.5, 0.6) is 17.8 Å². The van der Waals surface area contributed by atoms with Crippen molar-refractivity contribution in [2.45, 2.75) is 6.92 Å². The highest BCUT2D eigenvalue weighted by molar-refractivity contribution is 5.84. The van der Waals surface area contributed by atoms with Gasteiger partial charge in [0.25, 0.3) is 0 Å². The van der Waals surface area contributed by atoms with Crippen LogP contribution in [-0.2, 0) is 0 Å². The zero-order valence-electron chi connectivity index (χ0n) is 11.6. The number of nitrogens with two attached hydrogens (primary N) is 1. The number of hydrogen-bond acceptors (Lipinski definition) is 7. The van der Waals surface area contributed by atoms with E-state index >= 15 is 0 Å². The molecule has 0 spiro atoms. The highest BCUT2D eigenvalue weighted by Gasteiger charge is 2.10. The normalized spacial score (nSPS) is 10.6. The molecule has 0 fully saturated rings. The third-order valence-corrected chi connectivity index (χ3v) is 2.82. The lowest BCUT2D eigenvalue weighted by Crippen LogP contribution is -2.03. The molecular formula is C14H13N5O2. The number of anilines is 1. The van der Waals surface area contributed by atoms with Gasteiger partial charge in [0.1, 0.15) is 5.52 Å². The molecule has 0 aliphatic heterocycles. The van der Waals surface area contributed by atoms with Crippen LogP contribution in [0, 0.1) is 6.92 Å². The van der Waals surface area contributed by atoms with Gasteiger partial charge >= 0.3 is 12.0 Å². The molecule has 0 saturated heterocycles. The van der Waals surface area contributed by atoms with Gasteiger partial charge < -0.3 is 15.2 Å². The Kier molecular flexibility index (Phi) is 3.23. The lowest BCUT2D eigenvalue weighted by atomic mass is 10.2. The van der Waals surface area contributed by atoms with Crippen molar-refractivity contribution in [1.82, 2.24) is 19.9 Å². The van der Waals surface area contributed by atoms with Gasteiger partial charge in [0.15, 0.2) is 5.75 Å². The third-order valence-electron chi connectivity index (χ3n) is 2.82. The Hall–Kier alpha value is -2.96. The molecule has 0 aliphatic rings. The summed E-state index contributed by atoms with van der Waals surface area (Å²) in [5.41, 5.74) is 7.21. The van der Waals surface area contributed by atoms with Crippen molar-refractivity contribution in [2.24, 2.45) is 0 Å². The van der Waals surface area contributed by atoms with Gasteiger partial charge in [0, 0.05) is 11.1 Å². The Morgan fingerprint density at radius 1 is 0.952 bits per heavy atom. The molecule has 1 aromatic carbocycles. The van der Waals surface area contributed by atoms with Gasteiger partial charge in [-0.2, -0.15) is 9.97 Å². The topological polar surface area (TPSA) is 96.0 Å². The van der Waals surface area contributed by atoms with Gasteiger partial charge in [0.2, 0.25) is 5.95 Å². The first kappa shape index (κ1) is 13.0. The van der Waals surface area contributed by atoms with Crippen molar-refractivity contribution in [2.75, 3.05) is 12.8 Å². The SMILES string of the molecule is COc1nc(N)nc(Oc2cccc3ccc(C)nc23)n1. The maximum absolute atomic E-state index is 5.69. The molecule has 0 saturated carbocycles. The molecule has 21 heavy (non-hydrogen) atoms. The number of para-hydroxylation sites is 1. The number of nitrogen functional groups attached to an aromatic ring is 1. The summed E-state index contributed by atoms with van der Waals surface area (Å²) < 4.78 is 10.6. The molecule has 2 N–H and O–H groups in total. The van der Waals surface area contributed by atoms with Crippen LogP contribution in [0.1, 0.15) is 5.69 Å². The second-order valence-electron chi connectivity index (χ2n) is 4.35. The van der Waals surface area contributed by atoms with Gasteiger partial charge in [-0.3, -0.25) is 0 Å². The summed E-state index contributed by atoms with van der Waals surface area (Å²) in [4.78, 5) is 16.2. The predicted octanol–water partition coefficient (Wildman–Crippen LogP) is 2.11. The van der Waals surface area contributed by atoms with Crippen LogP contribution in [-0.4, -0.2) is 27.0 Å². The summed E-state index contributed by atoms with van der Waals surface area (Å²) in [5, 5.41) is 0.965. The molecule has 0 bridgehead atoms. The lowest BCUT2D eigenvalue weighted by Gasteiger charge is -2.08. The van der Waals surface area contributed by atoms with Gasteiger partial charge in [-0.25, -0.2) is 4.98 Å². The molecule has 0 aliphatic carbocycles. The molecule has 3 rings (SSSR count). The first-order valence-electron chi connectivity index (χ1n) is 6.25. The molecule has 3 aromatic rings. The monoisotopic (exact) mass is 283 g/mol. The van der Waals surface area contributed by atoms with Crippen LogP contribution in [0.4, 0.5) is 5.95 Å². The van der Waals surface area contributed by atoms with Gasteiger partial charge in [-0.05, 0) is 19.1 Å². The Balaban J connectivity index is 2.05. The minimum absolute atomic E-state index is 0.0289. The van der Waals surface area contributed by atoms with Crippen LogP contribution in [0.3, 0.4) is 0 Å². The minimum atomic E-state index is 0.0289. The van der Waals surface area contributed by atoms with E-state index in [1.54, 1.807) is 6.07 Å². The van der Waals surface area contributed by atoms with Crippen LogP contribution in [0.15, 0.2) is 30.3 Å². The van der Waals surface area contributed by atoms with Crippen LogP contribution >= 0.6 is 0 Å². The first-order chi connectivity index (χ1) is 10.2. The largest absolute Gasteiger partial charge is 0.467 e. The number of nitrogens with zero attached hydrogens (tertiary/aromatic N) is 4. The highest BCUT2D eigenvalue weighted by Crippen LogP contribution is 2.27. The number of pyridine rings is 1. The molecule has 2 heterocycles. The zero-order valence-corrected chi connectivity index (χ0v) is 11.6. The van der Waals surface area contributed by atoms with E-state index in [9.17, 15) is 0 Å². The number of rotatable bonds is 3. The van der Waals surface area contributed by atoms with Crippen LogP contribution in [0.25, 0.3) is 10.9 Å². The van der Waals surface area contributed by atoms with E-state index in [1.807, 2.05) is 31.2 Å². The number of fused-ring (bicyclic) bond motifs is 1. The van der Waals surface area contributed by atoms with Crippen molar-refractivity contribution >= 4 is 16.9 Å². The number of ether oxygens (including phenoxy) is 2. The molecule has 0 amide bonds. The van der Waals surface area contributed by atoms with Crippen LogP contribution < -0.4 is 15.2 Å². The molecule has 0 atom stereocenters. The Bertz CT molecular complexity index is 806. The summed E-state index contributed by atoms with van der Waals surface area (Å²) in [6.45, 7) is 1.92. The van der Waals surface area contributed by atoms with E-state index in [4.69, 9.17) is 15.2 Å². The number of hydrogen-bond donors (Lipinski definition) is 1. The molecule has 2 aromatic heterocycles. The van der Waals surface area contributed by atoms with E-state index in [0.29, 0.717) is 5.75 Å². The average Bonchev–Trinajstić information content (AvgIpc) is 2.47. The molecule has 7 heteroatoms. The fourth-order valence-corrected chi connectivity index (χ4v) is 1.89. The van der Waals surface area contributed by atoms with Gasteiger partial charge in [0.05, 0.1) is 7.11 Å². The van der Waals surface area contributed by atoms with E-state index in [2.05, 4.69) is 19.9 Å². The quantitative estimate of drug-likeness (QED) is 0.786. The van der Waals surface area contributed by atoms with Crippen molar-refractivity contribution in [3.8, 4) is 17.8 Å². The van der Waals surface area contributed by atoms with E-state index < -0.39 is 0 Å². The lowest BCUT2D eigenvalue weighted by molar-refractivity contribution is 0.361. The molecule has 7 nitrogen and oxygen atoms in total. The highest BCUT2D eigenvalue weighted by atomic mass is 16.5. The average molecular weight is 283 g/mol. The molecular weight excluding hydrogens is 270 g/mol.